The van der Waals surface area contributed by atoms with Crippen LogP contribution in [-0.2, 0) is 4.79 Å². The first-order valence-electron chi connectivity index (χ1n) is 7.66. The van der Waals surface area contributed by atoms with Gasteiger partial charge in [-0.3, -0.25) is 4.79 Å². The second-order valence-corrected chi connectivity index (χ2v) is 5.68. The van der Waals surface area contributed by atoms with Gasteiger partial charge in [-0.25, -0.2) is 4.39 Å². The first kappa shape index (κ1) is 14.6. The first-order chi connectivity index (χ1) is 11.7. The van der Waals surface area contributed by atoms with Gasteiger partial charge in [0.05, 0.1) is 5.56 Å². The summed E-state index contributed by atoms with van der Waals surface area (Å²) in [6.45, 7) is 0.485. The number of hydrogen-bond acceptors (Lipinski definition) is 4. The minimum Gasteiger partial charge on any atom is -0.334 e. The Morgan fingerprint density at radius 1 is 1.08 bits per heavy atom. The average molecular weight is 323 g/mol. The monoisotopic (exact) mass is 323 g/mol. The Bertz CT molecular complexity index is 879. The van der Waals surface area contributed by atoms with Gasteiger partial charge in [-0.05, 0) is 24.3 Å². The number of carbonyl (C=O) groups excluding carboxylic acids is 1. The number of halogens is 1. The summed E-state index contributed by atoms with van der Waals surface area (Å²) in [5.41, 5.74) is 1.11. The van der Waals surface area contributed by atoms with Crippen LogP contribution in [0.25, 0.3) is 11.5 Å². The summed E-state index contributed by atoms with van der Waals surface area (Å²) < 4.78 is 19.0. The fraction of sp³-hybridized carbons (Fsp3) is 0.167. The number of rotatable bonds is 3. The lowest BCUT2D eigenvalue weighted by Gasteiger charge is -2.15. The third-order valence-corrected chi connectivity index (χ3v) is 4.10. The zero-order valence-corrected chi connectivity index (χ0v) is 12.7. The Balaban J connectivity index is 1.58. The first-order valence-corrected chi connectivity index (χ1v) is 7.66. The largest absolute Gasteiger partial charge is 0.334 e. The van der Waals surface area contributed by atoms with E-state index in [-0.39, 0.29) is 23.3 Å². The molecule has 0 bridgehead atoms. The van der Waals surface area contributed by atoms with E-state index in [1.54, 1.807) is 23.1 Å². The normalized spacial score (nSPS) is 17.5. The molecule has 2 heterocycles. The minimum atomic E-state index is -0.416. The molecule has 0 saturated carbocycles. The summed E-state index contributed by atoms with van der Waals surface area (Å²) in [7, 11) is 0. The van der Waals surface area contributed by atoms with Crippen molar-refractivity contribution in [3.05, 3.63) is 66.2 Å². The molecule has 1 aromatic heterocycles. The van der Waals surface area contributed by atoms with Gasteiger partial charge < -0.3 is 9.42 Å². The van der Waals surface area contributed by atoms with E-state index < -0.39 is 5.82 Å². The zero-order valence-electron chi connectivity index (χ0n) is 12.7. The molecule has 1 fully saturated rings. The van der Waals surface area contributed by atoms with Gasteiger partial charge in [-0.15, -0.1) is 0 Å². The van der Waals surface area contributed by atoms with Crippen LogP contribution in [-0.4, -0.2) is 22.6 Å². The molecular weight excluding hydrogens is 309 g/mol. The van der Waals surface area contributed by atoms with Crippen LogP contribution >= 0.6 is 0 Å². The standard InChI is InChI=1S/C18H14FN3O2/c19-15-9-5-4-8-14(15)18-20-17(21-24-18)12-10-16(23)22(11-12)13-6-2-1-3-7-13/h1-9,12H,10-11H2/t12-/m0/s1. The molecule has 4 rings (SSSR count). The van der Waals surface area contributed by atoms with Crippen LogP contribution in [0.3, 0.4) is 0 Å². The predicted molar refractivity (Wildman–Crippen MR) is 85.8 cm³/mol. The number of benzene rings is 2. The van der Waals surface area contributed by atoms with Crippen LogP contribution in [0.15, 0.2) is 59.1 Å². The van der Waals surface area contributed by atoms with Crippen LogP contribution in [0.2, 0.25) is 0 Å². The Labute approximate surface area is 137 Å². The highest BCUT2D eigenvalue weighted by atomic mass is 19.1. The lowest BCUT2D eigenvalue weighted by atomic mass is 10.1. The molecule has 120 valence electrons. The van der Waals surface area contributed by atoms with Crippen LogP contribution in [0.1, 0.15) is 18.2 Å². The second-order valence-electron chi connectivity index (χ2n) is 5.68. The molecule has 0 N–H and O–H groups in total. The van der Waals surface area contributed by atoms with Crippen molar-refractivity contribution in [1.29, 1.82) is 0 Å². The topological polar surface area (TPSA) is 59.2 Å². The maximum absolute atomic E-state index is 13.8. The number of amides is 1. The van der Waals surface area contributed by atoms with Crippen molar-refractivity contribution < 1.29 is 13.7 Å². The molecule has 0 aliphatic carbocycles. The molecule has 1 aliphatic heterocycles. The van der Waals surface area contributed by atoms with Gasteiger partial charge in [0, 0.05) is 24.6 Å². The van der Waals surface area contributed by atoms with Crippen LogP contribution in [0.5, 0.6) is 0 Å². The second kappa shape index (κ2) is 5.88. The summed E-state index contributed by atoms with van der Waals surface area (Å²) >= 11 is 0. The molecule has 2 aromatic carbocycles. The van der Waals surface area contributed by atoms with Gasteiger partial charge in [-0.2, -0.15) is 4.98 Å². The molecule has 1 saturated heterocycles. The minimum absolute atomic E-state index is 0.0171. The highest BCUT2D eigenvalue weighted by molar-refractivity contribution is 5.96. The van der Waals surface area contributed by atoms with Gasteiger partial charge in [0.25, 0.3) is 5.89 Å². The summed E-state index contributed by atoms with van der Waals surface area (Å²) in [5.74, 6) is 0.000256. The third-order valence-electron chi connectivity index (χ3n) is 4.10. The van der Waals surface area contributed by atoms with Gasteiger partial charge >= 0.3 is 0 Å². The molecule has 0 radical (unpaired) electrons. The average Bonchev–Trinajstić information content (AvgIpc) is 3.23. The maximum atomic E-state index is 13.8. The van der Waals surface area contributed by atoms with Crippen molar-refractivity contribution in [2.75, 3.05) is 11.4 Å². The van der Waals surface area contributed by atoms with Crippen LogP contribution in [0.4, 0.5) is 10.1 Å². The summed E-state index contributed by atoms with van der Waals surface area (Å²) in [6.07, 6.45) is 0.311. The number of hydrogen-bond donors (Lipinski definition) is 0. The van der Waals surface area contributed by atoms with Gasteiger partial charge in [0.2, 0.25) is 5.91 Å². The Morgan fingerprint density at radius 3 is 2.62 bits per heavy atom. The molecule has 24 heavy (non-hydrogen) atoms. The molecule has 1 amide bonds. The predicted octanol–water partition coefficient (Wildman–Crippen LogP) is 3.40. The quantitative estimate of drug-likeness (QED) is 0.741. The van der Waals surface area contributed by atoms with Crippen molar-refractivity contribution in [1.82, 2.24) is 10.1 Å². The number of anilines is 1. The van der Waals surface area contributed by atoms with E-state index in [2.05, 4.69) is 10.1 Å². The molecule has 0 spiro atoms. The highest BCUT2D eigenvalue weighted by Crippen LogP contribution is 2.31. The van der Waals surface area contributed by atoms with Gasteiger partial charge in [0.1, 0.15) is 5.82 Å². The van der Waals surface area contributed by atoms with E-state index in [9.17, 15) is 9.18 Å². The number of para-hydroxylation sites is 1. The molecular formula is C18H14FN3O2. The van der Waals surface area contributed by atoms with E-state index in [1.807, 2.05) is 30.3 Å². The third kappa shape index (κ3) is 2.56. The Morgan fingerprint density at radius 2 is 1.83 bits per heavy atom. The van der Waals surface area contributed by atoms with E-state index in [4.69, 9.17) is 4.52 Å². The molecule has 1 atom stereocenters. The van der Waals surface area contributed by atoms with Crippen LogP contribution in [0, 0.1) is 5.82 Å². The fourth-order valence-electron chi connectivity index (χ4n) is 2.88. The van der Waals surface area contributed by atoms with E-state index in [1.165, 1.54) is 6.07 Å². The van der Waals surface area contributed by atoms with Crippen molar-refractivity contribution in [2.45, 2.75) is 12.3 Å². The van der Waals surface area contributed by atoms with Crippen molar-refractivity contribution in [2.24, 2.45) is 0 Å². The molecule has 1 aliphatic rings. The summed E-state index contributed by atoms with van der Waals surface area (Å²) in [5, 5.41) is 3.95. The van der Waals surface area contributed by atoms with E-state index >= 15 is 0 Å². The lowest BCUT2D eigenvalue weighted by Crippen LogP contribution is -2.24. The number of nitrogens with zero attached hydrogens (tertiary/aromatic N) is 3. The number of aromatic nitrogens is 2. The number of carbonyl (C=O) groups is 1. The van der Waals surface area contributed by atoms with Crippen LogP contribution < -0.4 is 4.90 Å². The van der Waals surface area contributed by atoms with Crippen molar-refractivity contribution in [3.8, 4) is 11.5 Å². The van der Waals surface area contributed by atoms with Crippen molar-refractivity contribution >= 4 is 11.6 Å². The SMILES string of the molecule is O=C1C[C@H](c2noc(-c3ccccc3F)n2)CN1c1ccccc1. The fourth-order valence-corrected chi connectivity index (χ4v) is 2.88. The molecule has 6 heteroatoms. The van der Waals surface area contributed by atoms with Gasteiger partial charge in [-0.1, -0.05) is 35.5 Å². The Hall–Kier alpha value is -3.02. The highest BCUT2D eigenvalue weighted by Gasteiger charge is 2.34. The molecule has 5 nitrogen and oxygen atoms in total. The smallest absolute Gasteiger partial charge is 0.260 e. The maximum Gasteiger partial charge on any atom is 0.260 e. The van der Waals surface area contributed by atoms with E-state index in [0.717, 1.165) is 5.69 Å². The zero-order chi connectivity index (χ0) is 16.5. The lowest BCUT2D eigenvalue weighted by molar-refractivity contribution is -0.117. The summed E-state index contributed by atoms with van der Waals surface area (Å²) in [4.78, 5) is 18.3. The molecule has 0 unspecified atom stereocenters. The molecule has 3 aromatic rings. The van der Waals surface area contributed by atoms with Crippen molar-refractivity contribution in [3.63, 3.8) is 0 Å². The van der Waals surface area contributed by atoms with Gasteiger partial charge in [0.15, 0.2) is 5.82 Å². The summed E-state index contributed by atoms with van der Waals surface area (Å²) in [6, 6.07) is 15.7. The van der Waals surface area contributed by atoms with E-state index in [0.29, 0.717) is 18.8 Å². The Kier molecular flexibility index (Phi) is 3.57.